The molecule has 0 aliphatic rings. The molecule has 0 heterocycles. The fraction of sp³-hybridized carbons (Fsp3) is 0.400. The summed E-state index contributed by atoms with van der Waals surface area (Å²) in [5.74, 6) is 0.596. The summed E-state index contributed by atoms with van der Waals surface area (Å²) >= 11 is 8.89. The van der Waals surface area contributed by atoms with Crippen LogP contribution in [0, 0.1) is 0 Å². The number of benzene rings is 1. The highest BCUT2D eigenvalue weighted by molar-refractivity contribution is 9.10. The van der Waals surface area contributed by atoms with Crippen LogP contribution in [0.5, 0.6) is 5.75 Å². The van der Waals surface area contributed by atoms with E-state index in [1.807, 2.05) is 0 Å². The summed E-state index contributed by atoms with van der Waals surface area (Å²) in [6, 6.07) is 5.18. The van der Waals surface area contributed by atoms with Gasteiger partial charge in [0.2, 0.25) is 0 Å². The molecule has 0 aromatic heterocycles. The number of alkyl halides is 4. The highest BCUT2D eigenvalue weighted by Crippen LogP contribution is 2.30. The predicted octanol–water partition coefficient (Wildman–Crippen LogP) is 4.10. The number of rotatable bonds is 5. The molecule has 0 fully saturated rings. The van der Waals surface area contributed by atoms with E-state index in [0.29, 0.717) is 15.8 Å². The van der Waals surface area contributed by atoms with Crippen molar-refractivity contribution in [3.05, 3.63) is 28.2 Å². The van der Waals surface area contributed by atoms with Crippen LogP contribution in [0.3, 0.4) is 0 Å². The van der Waals surface area contributed by atoms with Gasteiger partial charge in [0, 0.05) is 5.56 Å². The fourth-order valence-electron chi connectivity index (χ4n) is 1.08. The highest BCUT2D eigenvalue weighted by Gasteiger charge is 2.27. The van der Waals surface area contributed by atoms with Crippen LogP contribution in [-0.4, -0.2) is 19.6 Å². The van der Waals surface area contributed by atoms with Gasteiger partial charge in [0.1, 0.15) is 12.4 Å². The minimum absolute atomic E-state index is 0.202. The summed E-state index contributed by atoms with van der Waals surface area (Å²) in [7, 11) is 0. The zero-order valence-corrected chi connectivity index (χ0v) is 10.9. The minimum atomic E-state index is -4.35. The molecule has 1 rings (SSSR count). The third kappa shape index (κ3) is 5.14. The second kappa shape index (κ2) is 6.47. The SMILES string of the molecule is FC(F)(F)COCOc1c(Br)cccc1CCl. The molecule has 0 atom stereocenters. The number of halogens is 5. The molecule has 17 heavy (non-hydrogen) atoms. The summed E-state index contributed by atoms with van der Waals surface area (Å²) in [4.78, 5) is 0. The summed E-state index contributed by atoms with van der Waals surface area (Å²) in [5, 5.41) is 0. The molecule has 0 aliphatic carbocycles. The number of ether oxygens (including phenoxy) is 2. The second-order valence-corrected chi connectivity index (χ2v) is 4.21. The highest BCUT2D eigenvalue weighted by atomic mass is 79.9. The lowest BCUT2D eigenvalue weighted by Gasteiger charge is -2.12. The van der Waals surface area contributed by atoms with E-state index in [9.17, 15) is 13.2 Å². The van der Waals surface area contributed by atoms with Crippen LogP contribution in [0.1, 0.15) is 5.56 Å². The van der Waals surface area contributed by atoms with E-state index < -0.39 is 19.6 Å². The van der Waals surface area contributed by atoms with Gasteiger partial charge in [0.15, 0.2) is 6.79 Å². The first-order valence-corrected chi connectivity index (χ1v) is 5.87. The molecule has 0 bridgehead atoms. The van der Waals surface area contributed by atoms with Gasteiger partial charge in [-0.25, -0.2) is 0 Å². The van der Waals surface area contributed by atoms with Crippen LogP contribution in [0.25, 0.3) is 0 Å². The fourth-order valence-corrected chi connectivity index (χ4v) is 1.81. The zero-order chi connectivity index (χ0) is 12.9. The van der Waals surface area contributed by atoms with E-state index in [0.717, 1.165) is 0 Å². The third-order valence-electron chi connectivity index (χ3n) is 1.74. The van der Waals surface area contributed by atoms with E-state index in [1.54, 1.807) is 18.2 Å². The Kier molecular flexibility index (Phi) is 5.55. The van der Waals surface area contributed by atoms with E-state index in [1.165, 1.54) is 0 Å². The number of para-hydroxylation sites is 1. The lowest BCUT2D eigenvalue weighted by Crippen LogP contribution is -2.19. The van der Waals surface area contributed by atoms with Gasteiger partial charge in [-0.05, 0) is 22.0 Å². The average molecular weight is 334 g/mol. The Morgan fingerprint density at radius 3 is 2.59 bits per heavy atom. The molecule has 0 saturated carbocycles. The van der Waals surface area contributed by atoms with Gasteiger partial charge in [-0.2, -0.15) is 13.2 Å². The summed E-state index contributed by atoms with van der Waals surface area (Å²) in [5.41, 5.74) is 0.677. The van der Waals surface area contributed by atoms with Crippen molar-refractivity contribution >= 4 is 27.5 Å². The van der Waals surface area contributed by atoms with Crippen LogP contribution in [-0.2, 0) is 10.6 Å². The largest absolute Gasteiger partial charge is 0.466 e. The topological polar surface area (TPSA) is 18.5 Å². The maximum Gasteiger partial charge on any atom is 0.411 e. The van der Waals surface area contributed by atoms with E-state index >= 15 is 0 Å². The molecule has 0 unspecified atom stereocenters. The molecule has 2 nitrogen and oxygen atoms in total. The van der Waals surface area contributed by atoms with Crippen molar-refractivity contribution in [3.63, 3.8) is 0 Å². The molecule has 96 valence electrons. The van der Waals surface area contributed by atoms with Gasteiger partial charge in [-0.3, -0.25) is 0 Å². The molecular weight excluding hydrogens is 324 g/mol. The maximum atomic E-state index is 11.8. The van der Waals surface area contributed by atoms with Gasteiger partial charge in [-0.15, -0.1) is 11.6 Å². The van der Waals surface area contributed by atoms with Crippen LogP contribution in [0.4, 0.5) is 13.2 Å². The second-order valence-electron chi connectivity index (χ2n) is 3.09. The third-order valence-corrected chi connectivity index (χ3v) is 2.66. The first-order chi connectivity index (χ1) is 7.94. The smallest absolute Gasteiger partial charge is 0.411 e. The first kappa shape index (κ1) is 14.6. The Hall–Kier alpha value is -0.460. The molecule has 1 aromatic carbocycles. The molecule has 0 aliphatic heterocycles. The zero-order valence-electron chi connectivity index (χ0n) is 8.56. The van der Waals surface area contributed by atoms with Crippen molar-refractivity contribution in [2.24, 2.45) is 0 Å². The molecule has 0 spiro atoms. The maximum absolute atomic E-state index is 11.8. The molecular formula is C10H9BrClF3O2. The molecule has 1 aromatic rings. The van der Waals surface area contributed by atoms with E-state index in [-0.39, 0.29) is 5.88 Å². The Morgan fingerprint density at radius 1 is 1.29 bits per heavy atom. The average Bonchev–Trinajstić information content (AvgIpc) is 2.24. The van der Waals surface area contributed by atoms with Crippen molar-refractivity contribution in [1.29, 1.82) is 0 Å². The van der Waals surface area contributed by atoms with Gasteiger partial charge < -0.3 is 9.47 Å². The summed E-state index contributed by atoms with van der Waals surface area (Å²) in [6.45, 7) is -1.82. The van der Waals surface area contributed by atoms with Crippen molar-refractivity contribution in [3.8, 4) is 5.75 Å². The van der Waals surface area contributed by atoms with Crippen LogP contribution in [0.2, 0.25) is 0 Å². The van der Waals surface area contributed by atoms with Crippen molar-refractivity contribution in [2.45, 2.75) is 12.1 Å². The molecule has 7 heteroatoms. The Bertz CT molecular complexity index is 371. The number of hydrogen-bond donors (Lipinski definition) is 0. The van der Waals surface area contributed by atoms with Gasteiger partial charge in [0.05, 0.1) is 10.4 Å². The quantitative estimate of drug-likeness (QED) is 0.459. The first-order valence-electron chi connectivity index (χ1n) is 4.54. The summed E-state index contributed by atoms with van der Waals surface area (Å²) in [6.07, 6.45) is -4.35. The molecule has 0 radical (unpaired) electrons. The lowest BCUT2D eigenvalue weighted by molar-refractivity contribution is -0.186. The molecule has 0 amide bonds. The van der Waals surface area contributed by atoms with Gasteiger partial charge in [0.25, 0.3) is 0 Å². The van der Waals surface area contributed by atoms with Crippen LogP contribution in [0.15, 0.2) is 22.7 Å². The van der Waals surface area contributed by atoms with E-state index in [4.69, 9.17) is 16.3 Å². The Balaban J connectivity index is 2.52. The van der Waals surface area contributed by atoms with Crippen LogP contribution >= 0.6 is 27.5 Å². The summed E-state index contributed by atoms with van der Waals surface area (Å²) < 4.78 is 45.4. The molecule has 0 N–H and O–H groups in total. The van der Waals surface area contributed by atoms with Crippen molar-refractivity contribution in [2.75, 3.05) is 13.4 Å². The normalized spacial score (nSPS) is 11.6. The van der Waals surface area contributed by atoms with Crippen LogP contribution < -0.4 is 4.74 Å². The molecule has 0 saturated heterocycles. The van der Waals surface area contributed by atoms with Gasteiger partial charge >= 0.3 is 6.18 Å². The number of hydrogen-bond acceptors (Lipinski definition) is 2. The predicted molar refractivity (Wildman–Crippen MR) is 61.2 cm³/mol. The monoisotopic (exact) mass is 332 g/mol. The van der Waals surface area contributed by atoms with Gasteiger partial charge in [-0.1, -0.05) is 12.1 Å². The lowest BCUT2D eigenvalue weighted by atomic mass is 10.2. The van der Waals surface area contributed by atoms with Crippen molar-refractivity contribution < 1.29 is 22.6 Å². The standard InChI is InChI=1S/C10H9BrClF3O2/c11-8-3-1-2-7(4-12)9(8)17-6-16-5-10(13,14)15/h1-3H,4-6H2. The Morgan fingerprint density at radius 2 is 2.00 bits per heavy atom. The minimum Gasteiger partial charge on any atom is -0.466 e. The van der Waals surface area contributed by atoms with Crippen molar-refractivity contribution in [1.82, 2.24) is 0 Å². The van der Waals surface area contributed by atoms with E-state index in [2.05, 4.69) is 20.7 Å². The Labute approximate surface area is 110 Å².